The summed E-state index contributed by atoms with van der Waals surface area (Å²) < 4.78 is 25.4. The Morgan fingerprint density at radius 2 is 2.05 bits per heavy atom. The first-order valence-corrected chi connectivity index (χ1v) is 7.05. The summed E-state index contributed by atoms with van der Waals surface area (Å²) in [5, 5.41) is 3.60. The highest BCUT2D eigenvalue weighted by atomic mass is 19.3. The number of nitrogens with one attached hydrogen (secondary N) is 1. The van der Waals surface area contributed by atoms with E-state index in [0.717, 1.165) is 10.9 Å². The van der Waals surface area contributed by atoms with Crippen molar-refractivity contribution in [3.05, 3.63) is 42.1 Å². The topological polar surface area (TPSA) is 42.0 Å². The van der Waals surface area contributed by atoms with Crippen LogP contribution >= 0.6 is 0 Å². The molecular formula is C16H16F2N2O. The zero-order valence-corrected chi connectivity index (χ0v) is 11.5. The molecule has 0 spiro atoms. The van der Waals surface area contributed by atoms with E-state index in [2.05, 4.69) is 10.3 Å². The number of alkyl halides is 2. The number of benzene rings is 1. The zero-order chi connectivity index (χ0) is 14.9. The van der Waals surface area contributed by atoms with Gasteiger partial charge in [0.2, 0.25) is 5.92 Å². The molecule has 1 saturated carbocycles. The van der Waals surface area contributed by atoms with Gasteiger partial charge in [-0.05, 0) is 24.5 Å². The first kappa shape index (κ1) is 13.9. The van der Waals surface area contributed by atoms with Gasteiger partial charge in [-0.25, -0.2) is 8.78 Å². The van der Waals surface area contributed by atoms with E-state index in [1.165, 1.54) is 0 Å². The maximum Gasteiger partial charge on any atom is 0.252 e. The average Bonchev–Trinajstić information content (AvgIpc) is 2.44. The highest BCUT2D eigenvalue weighted by Crippen LogP contribution is 2.43. The Morgan fingerprint density at radius 1 is 1.29 bits per heavy atom. The minimum absolute atomic E-state index is 0.0227. The molecule has 0 bridgehead atoms. The van der Waals surface area contributed by atoms with Gasteiger partial charge in [-0.1, -0.05) is 18.2 Å². The molecule has 1 aliphatic carbocycles. The lowest BCUT2D eigenvalue weighted by molar-refractivity contribution is -0.111. The SMILES string of the molecule is O=C(NCCC1CC(F)(F)C1)c1ccnc2ccccc12. The number of hydrogen-bond donors (Lipinski definition) is 1. The summed E-state index contributed by atoms with van der Waals surface area (Å²) in [7, 11) is 0. The molecule has 0 atom stereocenters. The van der Waals surface area contributed by atoms with Crippen molar-refractivity contribution in [1.29, 1.82) is 0 Å². The molecule has 0 unspecified atom stereocenters. The summed E-state index contributed by atoms with van der Waals surface area (Å²) in [6.07, 6.45) is 2.09. The fourth-order valence-electron chi connectivity index (χ4n) is 2.77. The molecule has 2 aromatic rings. The Balaban J connectivity index is 1.60. The Bertz CT molecular complexity index is 659. The smallest absolute Gasteiger partial charge is 0.252 e. The highest BCUT2D eigenvalue weighted by molar-refractivity contribution is 6.05. The van der Waals surface area contributed by atoms with Gasteiger partial charge in [-0.2, -0.15) is 0 Å². The van der Waals surface area contributed by atoms with Crippen LogP contribution in [0.2, 0.25) is 0 Å². The Kier molecular flexibility index (Phi) is 3.57. The van der Waals surface area contributed by atoms with E-state index in [9.17, 15) is 13.6 Å². The average molecular weight is 290 g/mol. The second-order valence-electron chi connectivity index (χ2n) is 5.55. The molecule has 5 heteroatoms. The Hall–Kier alpha value is -2.04. The van der Waals surface area contributed by atoms with Crippen molar-refractivity contribution in [2.24, 2.45) is 5.92 Å². The van der Waals surface area contributed by atoms with Gasteiger partial charge in [0, 0.05) is 31.0 Å². The molecule has 1 amide bonds. The molecule has 1 fully saturated rings. The van der Waals surface area contributed by atoms with Gasteiger partial charge in [-0.15, -0.1) is 0 Å². The Labute approximate surface area is 121 Å². The van der Waals surface area contributed by atoms with Crippen LogP contribution in [0.3, 0.4) is 0 Å². The van der Waals surface area contributed by atoms with E-state index in [0.29, 0.717) is 18.5 Å². The lowest BCUT2D eigenvalue weighted by atomic mass is 9.79. The molecule has 3 rings (SSSR count). The fraction of sp³-hybridized carbons (Fsp3) is 0.375. The van der Waals surface area contributed by atoms with Crippen molar-refractivity contribution < 1.29 is 13.6 Å². The van der Waals surface area contributed by atoms with Crippen LogP contribution in [0.5, 0.6) is 0 Å². The van der Waals surface area contributed by atoms with Gasteiger partial charge in [0.1, 0.15) is 0 Å². The summed E-state index contributed by atoms with van der Waals surface area (Å²) >= 11 is 0. The quantitative estimate of drug-likeness (QED) is 0.937. The maximum absolute atomic E-state index is 12.7. The number of nitrogens with zero attached hydrogens (tertiary/aromatic N) is 1. The van der Waals surface area contributed by atoms with Gasteiger partial charge in [-0.3, -0.25) is 9.78 Å². The highest BCUT2D eigenvalue weighted by Gasteiger charge is 2.44. The number of pyridine rings is 1. The lowest BCUT2D eigenvalue weighted by Gasteiger charge is -2.34. The third-order valence-electron chi connectivity index (χ3n) is 3.91. The lowest BCUT2D eigenvalue weighted by Crippen LogP contribution is -2.37. The first-order chi connectivity index (χ1) is 10.1. The molecule has 1 aliphatic rings. The van der Waals surface area contributed by atoms with Gasteiger partial charge >= 0.3 is 0 Å². The van der Waals surface area contributed by atoms with Gasteiger partial charge in [0.05, 0.1) is 11.1 Å². The summed E-state index contributed by atoms with van der Waals surface area (Å²) in [5.74, 6) is -2.65. The van der Waals surface area contributed by atoms with E-state index in [1.54, 1.807) is 12.3 Å². The Morgan fingerprint density at radius 3 is 2.81 bits per heavy atom. The number of fused-ring (bicyclic) bond motifs is 1. The maximum atomic E-state index is 12.7. The molecule has 3 nitrogen and oxygen atoms in total. The van der Waals surface area contributed by atoms with E-state index < -0.39 is 5.92 Å². The van der Waals surface area contributed by atoms with Crippen molar-refractivity contribution in [1.82, 2.24) is 10.3 Å². The van der Waals surface area contributed by atoms with Gasteiger partial charge in [0.25, 0.3) is 5.91 Å². The predicted octanol–water partition coefficient (Wildman–Crippen LogP) is 3.40. The van der Waals surface area contributed by atoms with Crippen LogP contribution in [0.15, 0.2) is 36.5 Å². The van der Waals surface area contributed by atoms with E-state index in [4.69, 9.17) is 0 Å². The number of rotatable bonds is 4. The number of hydrogen-bond acceptors (Lipinski definition) is 2. The van der Waals surface area contributed by atoms with Crippen molar-refractivity contribution in [2.75, 3.05) is 6.54 Å². The minimum atomic E-state index is -2.49. The molecule has 0 saturated heterocycles. The summed E-state index contributed by atoms with van der Waals surface area (Å²) in [6.45, 7) is 0.427. The molecule has 21 heavy (non-hydrogen) atoms. The number of carbonyl (C=O) groups excluding carboxylic acids is 1. The molecule has 0 aliphatic heterocycles. The largest absolute Gasteiger partial charge is 0.352 e. The number of para-hydroxylation sites is 1. The molecule has 1 aromatic heterocycles. The molecule has 1 heterocycles. The minimum Gasteiger partial charge on any atom is -0.352 e. The monoisotopic (exact) mass is 290 g/mol. The molecule has 110 valence electrons. The number of carbonyl (C=O) groups is 1. The van der Waals surface area contributed by atoms with Gasteiger partial charge in [0.15, 0.2) is 0 Å². The predicted molar refractivity (Wildman–Crippen MR) is 76.4 cm³/mol. The van der Waals surface area contributed by atoms with Crippen LogP contribution < -0.4 is 5.32 Å². The first-order valence-electron chi connectivity index (χ1n) is 7.05. The second kappa shape index (κ2) is 5.39. The van der Waals surface area contributed by atoms with E-state index >= 15 is 0 Å². The van der Waals surface area contributed by atoms with Crippen molar-refractivity contribution in [3.8, 4) is 0 Å². The van der Waals surface area contributed by atoms with E-state index in [-0.39, 0.29) is 24.7 Å². The van der Waals surface area contributed by atoms with Crippen LogP contribution in [0, 0.1) is 5.92 Å². The van der Waals surface area contributed by atoms with Crippen LogP contribution in [0.25, 0.3) is 10.9 Å². The van der Waals surface area contributed by atoms with E-state index in [1.807, 2.05) is 24.3 Å². The third kappa shape index (κ3) is 3.01. The summed E-state index contributed by atoms with van der Waals surface area (Å²) in [5.41, 5.74) is 1.34. The molecular weight excluding hydrogens is 274 g/mol. The number of halogens is 2. The fourth-order valence-corrected chi connectivity index (χ4v) is 2.77. The van der Waals surface area contributed by atoms with Crippen LogP contribution in [0.1, 0.15) is 29.6 Å². The molecule has 1 aromatic carbocycles. The summed E-state index contributed by atoms with van der Waals surface area (Å²) in [4.78, 5) is 16.4. The van der Waals surface area contributed by atoms with Crippen molar-refractivity contribution >= 4 is 16.8 Å². The van der Waals surface area contributed by atoms with Gasteiger partial charge < -0.3 is 5.32 Å². The zero-order valence-electron chi connectivity index (χ0n) is 11.5. The van der Waals surface area contributed by atoms with Crippen LogP contribution in [-0.2, 0) is 0 Å². The second-order valence-corrected chi connectivity index (χ2v) is 5.55. The summed E-state index contributed by atoms with van der Waals surface area (Å²) in [6, 6.07) is 9.10. The van der Waals surface area contributed by atoms with Crippen LogP contribution in [-0.4, -0.2) is 23.4 Å². The normalized spacial score (nSPS) is 17.4. The third-order valence-corrected chi connectivity index (χ3v) is 3.91. The number of aromatic nitrogens is 1. The number of amides is 1. The van der Waals surface area contributed by atoms with Crippen molar-refractivity contribution in [2.45, 2.75) is 25.2 Å². The van der Waals surface area contributed by atoms with Crippen molar-refractivity contribution in [3.63, 3.8) is 0 Å². The molecule has 0 radical (unpaired) electrons. The van der Waals surface area contributed by atoms with Crippen LogP contribution in [0.4, 0.5) is 8.78 Å². The molecule has 1 N–H and O–H groups in total. The standard InChI is InChI=1S/C16H16F2N2O/c17-16(18)9-11(10-16)5-7-20-15(21)13-6-8-19-14-4-2-1-3-12(13)14/h1-4,6,8,11H,5,7,9-10H2,(H,20,21).